The van der Waals surface area contributed by atoms with Crippen LogP contribution in [0.25, 0.3) is 0 Å². The summed E-state index contributed by atoms with van der Waals surface area (Å²) in [7, 11) is 0. The van der Waals surface area contributed by atoms with E-state index in [1.807, 2.05) is 0 Å². The standard InChI is InChI=1S/C7H9F3N2S2/c8-7(9,10)5(1-2-11)14-6-12-3-4-13-6/h3-5H,1-2,11H2. The molecule has 2 nitrogen and oxygen atoms in total. The van der Waals surface area contributed by atoms with E-state index in [0.717, 1.165) is 11.8 Å². The highest BCUT2D eigenvalue weighted by Gasteiger charge is 2.40. The molecule has 0 spiro atoms. The highest BCUT2D eigenvalue weighted by atomic mass is 32.2. The van der Waals surface area contributed by atoms with Gasteiger partial charge in [0.25, 0.3) is 0 Å². The minimum atomic E-state index is -4.21. The van der Waals surface area contributed by atoms with Gasteiger partial charge in [-0.2, -0.15) is 13.2 Å². The third kappa shape index (κ3) is 3.47. The quantitative estimate of drug-likeness (QED) is 0.824. The van der Waals surface area contributed by atoms with E-state index in [9.17, 15) is 13.2 Å². The number of hydrogen-bond acceptors (Lipinski definition) is 4. The predicted octanol–water partition coefficient (Wildman–Crippen LogP) is 2.51. The van der Waals surface area contributed by atoms with Gasteiger partial charge in [-0.1, -0.05) is 11.8 Å². The lowest BCUT2D eigenvalue weighted by atomic mass is 10.3. The van der Waals surface area contributed by atoms with Crippen LogP contribution in [0.3, 0.4) is 0 Å². The second-order valence-electron chi connectivity index (χ2n) is 2.52. The first kappa shape index (κ1) is 11.8. The molecule has 1 aromatic rings. The second-order valence-corrected chi connectivity index (χ2v) is 4.87. The van der Waals surface area contributed by atoms with Crippen molar-refractivity contribution in [2.75, 3.05) is 6.54 Å². The topological polar surface area (TPSA) is 38.9 Å². The number of aromatic nitrogens is 1. The van der Waals surface area contributed by atoms with Crippen molar-refractivity contribution in [2.45, 2.75) is 22.2 Å². The van der Waals surface area contributed by atoms with Crippen molar-refractivity contribution in [3.05, 3.63) is 11.6 Å². The Kier molecular flexibility index (Phi) is 4.21. The predicted molar refractivity (Wildman–Crippen MR) is 51.5 cm³/mol. The van der Waals surface area contributed by atoms with Crippen LogP contribution < -0.4 is 5.73 Å². The largest absolute Gasteiger partial charge is 0.401 e. The average molecular weight is 242 g/mol. The summed E-state index contributed by atoms with van der Waals surface area (Å²) in [4.78, 5) is 3.79. The molecule has 0 saturated heterocycles. The molecular formula is C7H9F3N2S2. The summed E-state index contributed by atoms with van der Waals surface area (Å²) >= 11 is 1.93. The number of halogens is 3. The normalized spacial score (nSPS) is 14.3. The van der Waals surface area contributed by atoms with Crippen LogP contribution in [0.4, 0.5) is 13.2 Å². The zero-order valence-corrected chi connectivity index (χ0v) is 8.75. The minimum absolute atomic E-state index is 0.0303. The van der Waals surface area contributed by atoms with Crippen LogP contribution in [0.2, 0.25) is 0 Å². The molecule has 7 heteroatoms. The Morgan fingerprint density at radius 3 is 2.71 bits per heavy atom. The van der Waals surface area contributed by atoms with Gasteiger partial charge in [-0.05, 0) is 13.0 Å². The van der Waals surface area contributed by atoms with Gasteiger partial charge >= 0.3 is 6.18 Å². The molecule has 0 amide bonds. The van der Waals surface area contributed by atoms with Gasteiger partial charge in [-0.3, -0.25) is 0 Å². The number of alkyl halides is 3. The van der Waals surface area contributed by atoms with Gasteiger partial charge in [0.1, 0.15) is 9.59 Å². The van der Waals surface area contributed by atoms with Crippen molar-refractivity contribution in [2.24, 2.45) is 5.73 Å². The number of thioether (sulfide) groups is 1. The highest BCUT2D eigenvalue weighted by Crippen LogP contribution is 2.37. The zero-order chi connectivity index (χ0) is 10.6. The third-order valence-electron chi connectivity index (χ3n) is 1.45. The Labute approximate surface area is 87.7 Å². The van der Waals surface area contributed by atoms with E-state index >= 15 is 0 Å². The molecule has 1 heterocycles. The van der Waals surface area contributed by atoms with Gasteiger partial charge < -0.3 is 5.73 Å². The number of rotatable bonds is 4. The summed E-state index contributed by atoms with van der Waals surface area (Å²) in [5, 5.41) is 0.205. The Balaban J connectivity index is 2.60. The molecular weight excluding hydrogens is 233 g/mol. The van der Waals surface area contributed by atoms with Crippen LogP contribution >= 0.6 is 23.1 Å². The molecule has 0 aliphatic carbocycles. The molecule has 1 unspecified atom stereocenters. The molecule has 0 fully saturated rings. The molecule has 14 heavy (non-hydrogen) atoms. The van der Waals surface area contributed by atoms with Crippen molar-refractivity contribution >= 4 is 23.1 Å². The van der Waals surface area contributed by atoms with E-state index in [4.69, 9.17) is 5.73 Å². The van der Waals surface area contributed by atoms with E-state index in [-0.39, 0.29) is 13.0 Å². The van der Waals surface area contributed by atoms with Crippen molar-refractivity contribution in [3.8, 4) is 0 Å². The van der Waals surface area contributed by atoms with Crippen LogP contribution in [0.5, 0.6) is 0 Å². The van der Waals surface area contributed by atoms with Gasteiger partial charge in [0.05, 0.1) is 0 Å². The van der Waals surface area contributed by atoms with E-state index in [0.29, 0.717) is 4.34 Å². The molecule has 0 bridgehead atoms. The summed E-state index contributed by atoms with van der Waals surface area (Å²) in [6, 6.07) is 0. The van der Waals surface area contributed by atoms with Crippen molar-refractivity contribution < 1.29 is 13.2 Å². The van der Waals surface area contributed by atoms with Crippen LogP contribution in [0.1, 0.15) is 6.42 Å². The Hall–Kier alpha value is -0.270. The van der Waals surface area contributed by atoms with Crippen LogP contribution in [-0.2, 0) is 0 Å². The maximum absolute atomic E-state index is 12.4. The van der Waals surface area contributed by atoms with Crippen molar-refractivity contribution in [3.63, 3.8) is 0 Å². The molecule has 0 aromatic carbocycles. The van der Waals surface area contributed by atoms with Gasteiger partial charge in [0.2, 0.25) is 0 Å². The molecule has 1 rings (SSSR count). The first-order valence-electron chi connectivity index (χ1n) is 3.87. The molecule has 0 aliphatic rings. The number of hydrogen-bond donors (Lipinski definition) is 1. The maximum Gasteiger partial charge on any atom is 0.401 e. The molecule has 1 aromatic heterocycles. The molecule has 1 atom stereocenters. The Morgan fingerprint density at radius 1 is 1.57 bits per heavy atom. The lowest BCUT2D eigenvalue weighted by Gasteiger charge is -2.17. The molecule has 80 valence electrons. The van der Waals surface area contributed by atoms with E-state index in [1.165, 1.54) is 17.5 Å². The number of nitrogens with zero attached hydrogens (tertiary/aromatic N) is 1. The van der Waals surface area contributed by atoms with E-state index in [2.05, 4.69) is 4.98 Å². The fraction of sp³-hybridized carbons (Fsp3) is 0.571. The highest BCUT2D eigenvalue weighted by molar-refractivity contribution is 8.01. The second kappa shape index (κ2) is 4.99. The van der Waals surface area contributed by atoms with Gasteiger partial charge in [-0.15, -0.1) is 11.3 Å². The SMILES string of the molecule is NCCC(Sc1nccs1)C(F)(F)F. The van der Waals surface area contributed by atoms with Gasteiger partial charge in [-0.25, -0.2) is 4.98 Å². The number of thiazole rings is 1. The molecule has 0 radical (unpaired) electrons. The average Bonchev–Trinajstić information content (AvgIpc) is 2.54. The van der Waals surface area contributed by atoms with Crippen molar-refractivity contribution in [1.29, 1.82) is 0 Å². The maximum atomic E-state index is 12.4. The fourth-order valence-corrected chi connectivity index (χ4v) is 2.68. The fourth-order valence-electron chi connectivity index (χ4n) is 0.831. The van der Waals surface area contributed by atoms with Gasteiger partial charge in [0.15, 0.2) is 0 Å². The zero-order valence-electron chi connectivity index (χ0n) is 7.12. The first-order chi connectivity index (χ1) is 6.54. The van der Waals surface area contributed by atoms with Crippen LogP contribution in [0, 0.1) is 0 Å². The van der Waals surface area contributed by atoms with E-state index in [1.54, 1.807) is 5.38 Å². The summed E-state index contributed by atoms with van der Waals surface area (Å²) in [6.45, 7) is 0.0303. The smallest absolute Gasteiger partial charge is 0.330 e. The summed E-state index contributed by atoms with van der Waals surface area (Å²) < 4.78 is 37.6. The Bertz CT molecular complexity index is 260. The van der Waals surface area contributed by atoms with Crippen LogP contribution in [-0.4, -0.2) is 23.0 Å². The van der Waals surface area contributed by atoms with Gasteiger partial charge in [0, 0.05) is 11.6 Å². The first-order valence-corrected chi connectivity index (χ1v) is 5.63. The number of nitrogens with two attached hydrogens (primary N) is 1. The summed E-state index contributed by atoms with van der Waals surface area (Å²) in [5.41, 5.74) is 5.12. The Morgan fingerprint density at radius 2 is 2.29 bits per heavy atom. The molecule has 2 N–H and O–H groups in total. The molecule has 0 saturated carbocycles. The van der Waals surface area contributed by atoms with Crippen LogP contribution in [0.15, 0.2) is 15.9 Å². The van der Waals surface area contributed by atoms with Crippen molar-refractivity contribution in [1.82, 2.24) is 4.98 Å². The monoisotopic (exact) mass is 242 g/mol. The third-order valence-corrected chi connectivity index (χ3v) is 3.68. The summed E-state index contributed by atoms with van der Waals surface area (Å²) in [6.07, 6.45) is -2.80. The minimum Gasteiger partial charge on any atom is -0.330 e. The lowest BCUT2D eigenvalue weighted by Crippen LogP contribution is -2.28. The summed E-state index contributed by atoms with van der Waals surface area (Å²) in [5.74, 6) is 0. The molecule has 0 aliphatic heterocycles. The lowest BCUT2D eigenvalue weighted by molar-refractivity contribution is -0.129. The van der Waals surface area contributed by atoms with E-state index < -0.39 is 11.4 Å².